The van der Waals surface area contributed by atoms with E-state index < -0.39 is 0 Å². The predicted octanol–water partition coefficient (Wildman–Crippen LogP) is 4.92. The van der Waals surface area contributed by atoms with Crippen molar-refractivity contribution in [1.82, 2.24) is 9.97 Å². The molecule has 4 aromatic rings. The first kappa shape index (κ1) is 17.2. The second-order valence-electron chi connectivity index (χ2n) is 6.18. The molecule has 0 saturated carbocycles. The Hall–Kier alpha value is -3.25. The van der Waals surface area contributed by atoms with Gasteiger partial charge in [0.2, 0.25) is 5.91 Å². The molecule has 2 heterocycles. The zero-order chi connectivity index (χ0) is 18.6. The van der Waals surface area contributed by atoms with E-state index in [2.05, 4.69) is 20.6 Å². The number of amides is 1. The molecule has 2 aromatic heterocycles. The fourth-order valence-electron chi connectivity index (χ4n) is 2.86. The summed E-state index contributed by atoms with van der Waals surface area (Å²) >= 11 is 1.46. The van der Waals surface area contributed by atoms with Gasteiger partial charge in [0.25, 0.3) is 0 Å². The number of rotatable bonds is 5. The van der Waals surface area contributed by atoms with Gasteiger partial charge in [-0.15, -0.1) is 11.3 Å². The van der Waals surface area contributed by atoms with Crippen molar-refractivity contribution in [2.75, 3.05) is 10.6 Å². The smallest absolute Gasteiger partial charge is 0.230 e. The summed E-state index contributed by atoms with van der Waals surface area (Å²) in [7, 11) is 0. The highest BCUT2D eigenvalue weighted by Crippen LogP contribution is 2.24. The molecule has 134 valence electrons. The van der Waals surface area contributed by atoms with E-state index in [0.717, 1.165) is 38.8 Å². The molecular weight excluding hydrogens is 356 g/mol. The molecule has 2 aromatic carbocycles. The van der Waals surface area contributed by atoms with E-state index in [1.807, 2.05) is 73.0 Å². The lowest BCUT2D eigenvalue weighted by atomic mass is 10.1. The Morgan fingerprint density at radius 2 is 1.81 bits per heavy atom. The number of carbonyl (C=O) groups excluding carboxylic acids is 1. The van der Waals surface area contributed by atoms with Crippen LogP contribution in [-0.2, 0) is 11.2 Å². The van der Waals surface area contributed by atoms with E-state index >= 15 is 0 Å². The Kier molecular flexibility index (Phi) is 4.80. The summed E-state index contributed by atoms with van der Waals surface area (Å²) in [5.41, 5.74) is 2.48. The molecule has 1 amide bonds. The Balaban J connectivity index is 1.43. The molecule has 0 atom stereocenters. The molecule has 5 nitrogen and oxygen atoms in total. The van der Waals surface area contributed by atoms with Gasteiger partial charge >= 0.3 is 0 Å². The zero-order valence-electron chi connectivity index (χ0n) is 14.8. The summed E-state index contributed by atoms with van der Waals surface area (Å²) in [5.74, 6) is 0.660. The zero-order valence-corrected chi connectivity index (χ0v) is 15.6. The van der Waals surface area contributed by atoms with E-state index in [-0.39, 0.29) is 12.3 Å². The summed E-state index contributed by atoms with van der Waals surface area (Å²) < 4.78 is 0. The van der Waals surface area contributed by atoms with Gasteiger partial charge in [-0.3, -0.25) is 4.79 Å². The van der Waals surface area contributed by atoms with Crippen molar-refractivity contribution >= 4 is 44.7 Å². The number of anilines is 3. The number of benzene rings is 2. The maximum atomic E-state index is 12.5. The molecule has 0 fully saturated rings. The highest BCUT2D eigenvalue weighted by molar-refractivity contribution is 7.13. The number of fused-ring (bicyclic) bond motifs is 1. The fraction of sp³-hybridized carbons (Fsp3) is 0.0952. The molecule has 0 spiro atoms. The second-order valence-corrected chi connectivity index (χ2v) is 7.04. The molecule has 6 heteroatoms. The maximum Gasteiger partial charge on any atom is 0.230 e. The molecule has 0 aliphatic rings. The number of pyridine rings is 1. The minimum atomic E-state index is -0.0862. The van der Waals surface area contributed by atoms with E-state index in [9.17, 15) is 4.79 Å². The van der Waals surface area contributed by atoms with Crippen LogP contribution in [0.25, 0.3) is 10.8 Å². The monoisotopic (exact) mass is 374 g/mol. The first-order valence-corrected chi connectivity index (χ1v) is 9.48. The molecule has 0 bridgehead atoms. The molecule has 0 aliphatic carbocycles. The first-order valence-electron chi connectivity index (χ1n) is 8.60. The number of nitrogens with zero attached hydrogens (tertiary/aromatic N) is 2. The minimum Gasteiger partial charge on any atom is -0.325 e. The van der Waals surface area contributed by atoms with Gasteiger partial charge in [0.05, 0.1) is 12.1 Å². The Morgan fingerprint density at radius 1 is 1.00 bits per heavy atom. The SMILES string of the molecule is Cc1cccc(Nc2nc(CC(=O)Nc3cccc4ccccc34)cs2)n1. The molecular formula is C21H18N4OS. The standard InChI is InChI=1S/C21H18N4OS/c1-14-6-4-11-19(22-14)25-21-23-16(13-27-21)12-20(26)24-18-10-5-8-15-7-2-3-9-17(15)18/h2-11,13H,12H2,1H3,(H,24,26)(H,22,23,25). The van der Waals surface area contributed by atoms with Crippen molar-refractivity contribution in [2.24, 2.45) is 0 Å². The van der Waals surface area contributed by atoms with Crippen molar-refractivity contribution in [1.29, 1.82) is 0 Å². The average molecular weight is 374 g/mol. The number of aryl methyl sites for hydroxylation is 1. The molecule has 27 heavy (non-hydrogen) atoms. The lowest BCUT2D eigenvalue weighted by Gasteiger charge is -2.08. The minimum absolute atomic E-state index is 0.0862. The van der Waals surface area contributed by atoms with E-state index in [4.69, 9.17) is 0 Å². The van der Waals surface area contributed by atoms with Crippen LogP contribution in [-0.4, -0.2) is 15.9 Å². The first-order chi connectivity index (χ1) is 13.2. The number of aromatic nitrogens is 2. The summed E-state index contributed by atoms with van der Waals surface area (Å²) in [6, 6.07) is 19.6. The highest BCUT2D eigenvalue weighted by Gasteiger charge is 2.10. The summed E-state index contributed by atoms with van der Waals surface area (Å²) in [6.45, 7) is 1.94. The Morgan fingerprint density at radius 3 is 2.70 bits per heavy atom. The van der Waals surface area contributed by atoms with Crippen LogP contribution in [0.4, 0.5) is 16.6 Å². The predicted molar refractivity (Wildman–Crippen MR) is 111 cm³/mol. The molecule has 0 unspecified atom stereocenters. The summed E-state index contributed by atoms with van der Waals surface area (Å²) in [4.78, 5) is 21.3. The van der Waals surface area contributed by atoms with Gasteiger partial charge in [0.15, 0.2) is 5.13 Å². The molecule has 0 aliphatic heterocycles. The Labute approximate surface area is 161 Å². The van der Waals surface area contributed by atoms with Crippen molar-refractivity contribution in [2.45, 2.75) is 13.3 Å². The van der Waals surface area contributed by atoms with Crippen LogP contribution in [0.2, 0.25) is 0 Å². The third-order valence-electron chi connectivity index (χ3n) is 4.08. The van der Waals surface area contributed by atoms with Crippen LogP contribution in [0.15, 0.2) is 66.0 Å². The quantitative estimate of drug-likeness (QED) is 0.520. The van der Waals surface area contributed by atoms with Gasteiger partial charge in [-0.25, -0.2) is 9.97 Å². The number of carbonyl (C=O) groups is 1. The number of hydrogen-bond donors (Lipinski definition) is 2. The van der Waals surface area contributed by atoms with Crippen LogP contribution in [0.1, 0.15) is 11.4 Å². The fourth-order valence-corrected chi connectivity index (χ4v) is 3.58. The average Bonchev–Trinajstić information content (AvgIpc) is 3.08. The van der Waals surface area contributed by atoms with Gasteiger partial charge in [0.1, 0.15) is 5.82 Å². The Bertz CT molecular complexity index is 1100. The third-order valence-corrected chi connectivity index (χ3v) is 4.89. The van der Waals surface area contributed by atoms with Crippen molar-refractivity contribution < 1.29 is 4.79 Å². The normalized spacial score (nSPS) is 10.7. The largest absolute Gasteiger partial charge is 0.325 e. The van der Waals surface area contributed by atoms with Gasteiger partial charge in [-0.1, -0.05) is 42.5 Å². The van der Waals surface area contributed by atoms with Gasteiger partial charge in [-0.05, 0) is 30.5 Å². The van der Waals surface area contributed by atoms with Gasteiger partial charge in [0, 0.05) is 22.1 Å². The maximum absolute atomic E-state index is 12.5. The lowest BCUT2D eigenvalue weighted by molar-refractivity contribution is -0.115. The summed E-state index contributed by atoms with van der Waals surface area (Å²) in [6.07, 6.45) is 0.225. The highest BCUT2D eigenvalue weighted by atomic mass is 32.1. The topological polar surface area (TPSA) is 66.9 Å². The lowest BCUT2D eigenvalue weighted by Crippen LogP contribution is -2.14. The number of hydrogen-bond acceptors (Lipinski definition) is 5. The van der Waals surface area contributed by atoms with Crippen molar-refractivity contribution in [3.05, 3.63) is 77.4 Å². The number of nitrogens with one attached hydrogen (secondary N) is 2. The van der Waals surface area contributed by atoms with E-state index in [0.29, 0.717) is 0 Å². The van der Waals surface area contributed by atoms with Crippen LogP contribution >= 0.6 is 11.3 Å². The van der Waals surface area contributed by atoms with Crippen LogP contribution < -0.4 is 10.6 Å². The number of thiazole rings is 1. The van der Waals surface area contributed by atoms with Crippen LogP contribution in [0.5, 0.6) is 0 Å². The van der Waals surface area contributed by atoms with Crippen LogP contribution in [0, 0.1) is 6.92 Å². The molecule has 4 rings (SSSR count). The van der Waals surface area contributed by atoms with Crippen molar-refractivity contribution in [3.63, 3.8) is 0 Å². The molecule has 2 N–H and O–H groups in total. The van der Waals surface area contributed by atoms with Crippen molar-refractivity contribution in [3.8, 4) is 0 Å². The second kappa shape index (κ2) is 7.55. The molecule has 0 radical (unpaired) electrons. The van der Waals surface area contributed by atoms with Gasteiger partial charge in [-0.2, -0.15) is 0 Å². The summed E-state index contributed by atoms with van der Waals surface area (Å²) in [5, 5.41) is 10.9. The van der Waals surface area contributed by atoms with Gasteiger partial charge < -0.3 is 10.6 Å². The third kappa shape index (κ3) is 4.12. The van der Waals surface area contributed by atoms with E-state index in [1.54, 1.807) is 0 Å². The van der Waals surface area contributed by atoms with E-state index in [1.165, 1.54) is 11.3 Å². The van der Waals surface area contributed by atoms with Crippen LogP contribution in [0.3, 0.4) is 0 Å². The molecule has 0 saturated heterocycles.